The number of ether oxygens (including phenoxy) is 1. The summed E-state index contributed by atoms with van der Waals surface area (Å²) in [6.07, 6.45) is 1.00. The number of rotatable bonds is 4. The molecule has 0 fully saturated rings. The van der Waals surface area contributed by atoms with Gasteiger partial charge in [0.1, 0.15) is 0 Å². The summed E-state index contributed by atoms with van der Waals surface area (Å²) < 4.78 is 5.12. The monoisotopic (exact) mass is 246 g/mol. The Morgan fingerprint density at radius 3 is 2.53 bits per heavy atom. The van der Waals surface area contributed by atoms with Gasteiger partial charge in [0.15, 0.2) is 13.9 Å². The number of Topliss-reactive ketones (excluding diaryl/α,β-unsaturated/α-hetero) is 1. The van der Waals surface area contributed by atoms with E-state index in [4.69, 9.17) is 4.74 Å². The Balaban J connectivity index is 2.58. The lowest BCUT2D eigenvalue weighted by molar-refractivity contribution is 0.0998. The summed E-state index contributed by atoms with van der Waals surface area (Å²) in [5.74, 6) is 3.07. The van der Waals surface area contributed by atoms with Crippen LogP contribution in [-0.4, -0.2) is 27.2 Å². The van der Waals surface area contributed by atoms with Crippen LogP contribution in [0.5, 0.6) is 0 Å². The zero-order valence-electron chi connectivity index (χ0n) is 10.6. The van der Waals surface area contributed by atoms with E-state index in [-0.39, 0.29) is 5.78 Å². The Morgan fingerprint density at radius 1 is 1.29 bits per heavy atom. The van der Waals surface area contributed by atoms with Gasteiger partial charge in [-0.3, -0.25) is 4.79 Å². The second-order valence-corrected chi connectivity index (χ2v) is 8.89. The van der Waals surface area contributed by atoms with Gasteiger partial charge in [0, 0.05) is 12.7 Å². The van der Waals surface area contributed by atoms with Crippen LogP contribution in [0.1, 0.15) is 16.8 Å². The predicted molar refractivity (Wildman–Crippen MR) is 72.5 cm³/mol. The largest absolute Gasteiger partial charge is 0.387 e. The fraction of sp³-hybridized carbons (Fsp3) is 0.357. The fourth-order valence-electron chi connectivity index (χ4n) is 1.49. The Labute approximate surface area is 104 Å². The molecule has 0 spiro atoms. The van der Waals surface area contributed by atoms with Crippen molar-refractivity contribution in [3.05, 3.63) is 35.9 Å². The molecule has 0 saturated carbocycles. The summed E-state index contributed by atoms with van der Waals surface area (Å²) in [5.41, 5.74) is 3.93. The summed E-state index contributed by atoms with van der Waals surface area (Å²) in [7, 11) is 0.0794. The second kappa shape index (κ2) is 6.38. The van der Waals surface area contributed by atoms with E-state index in [1.165, 1.54) is 0 Å². The van der Waals surface area contributed by atoms with Crippen molar-refractivity contribution in [2.45, 2.75) is 19.5 Å². The zero-order chi connectivity index (χ0) is 12.7. The average Bonchev–Trinajstić information content (AvgIpc) is 2.29. The Morgan fingerprint density at radius 2 is 1.94 bits per heavy atom. The number of ketones is 1. The summed E-state index contributed by atoms with van der Waals surface area (Å²) >= 11 is 0. The predicted octanol–water partition coefficient (Wildman–Crippen LogP) is 2.70. The highest BCUT2D eigenvalue weighted by molar-refractivity contribution is 6.85. The summed E-state index contributed by atoms with van der Waals surface area (Å²) in [4.78, 5) is 11.8. The van der Waals surface area contributed by atoms with Crippen LogP contribution in [-0.2, 0) is 4.74 Å². The van der Waals surface area contributed by atoms with Gasteiger partial charge in [0.2, 0.25) is 0 Å². The molecule has 0 saturated heterocycles. The Bertz CT molecular complexity index is 427. The van der Waals surface area contributed by atoms with Gasteiger partial charge in [-0.05, 0) is 0 Å². The Hall–Kier alpha value is -1.37. The molecule has 0 bridgehead atoms. The van der Waals surface area contributed by atoms with Crippen LogP contribution in [0.25, 0.3) is 0 Å². The lowest BCUT2D eigenvalue weighted by Gasteiger charge is -2.12. The topological polar surface area (TPSA) is 26.3 Å². The van der Waals surface area contributed by atoms with Gasteiger partial charge in [0.05, 0.1) is 12.7 Å². The van der Waals surface area contributed by atoms with E-state index >= 15 is 0 Å². The van der Waals surface area contributed by atoms with Gasteiger partial charge in [0.25, 0.3) is 0 Å². The van der Waals surface area contributed by atoms with Gasteiger partial charge < -0.3 is 4.74 Å². The van der Waals surface area contributed by atoms with E-state index in [0.29, 0.717) is 12.7 Å². The van der Waals surface area contributed by atoms with Crippen LogP contribution >= 0.6 is 0 Å². The highest BCUT2D eigenvalue weighted by atomic mass is 28.3. The number of methoxy groups -OCH3 is 1. The van der Waals surface area contributed by atoms with Crippen molar-refractivity contribution in [3.8, 4) is 11.5 Å². The highest BCUT2D eigenvalue weighted by Gasteiger charge is 2.17. The molecule has 90 valence electrons. The molecular weight excluding hydrogens is 228 g/mol. The third-order valence-electron chi connectivity index (χ3n) is 2.28. The van der Waals surface area contributed by atoms with Crippen molar-refractivity contribution in [2.75, 3.05) is 13.3 Å². The smallest absolute Gasteiger partial charge is 0.174 e. The maximum atomic E-state index is 11.8. The quantitative estimate of drug-likeness (QED) is 0.464. The molecule has 0 unspecified atom stereocenters. The zero-order valence-corrected chi connectivity index (χ0v) is 11.6. The first kappa shape index (κ1) is 13.7. The molecule has 0 atom stereocenters. The average molecular weight is 246 g/mol. The number of benzene rings is 1. The third kappa shape index (κ3) is 4.99. The van der Waals surface area contributed by atoms with Crippen LogP contribution in [0.4, 0.5) is 0 Å². The summed E-state index contributed by atoms with van der Waals surface area (Å²) in [5, 5.41) is 0. The Kier molecular flexibility index (Phi) is 5.14. The maximum Gasteiger partial charge on any atom is 0.174 e. The minimum absolute atomic E-state index is 0.0836. The molecule has 1 aromatic rings. The molecule has 0 aliphatic carbocycles. The molecule has 17 heavy (non-hydrogen) atoms. The van der Waals surface area contributed by atoms with Gasteiger partial charge in [-0.1, -0.05) is 43.4 Å². The van der Waals surface area contributed by atoms with E-state index in [9.17, 15) is 4.79 Å². The van der Waals surface area contributed by atoms with Crippen molar-refractivity contribution in [1.82, 2.24) is 0 Å². The van der Waals surface area contributed by atoms with Crippen molar-refractivity contribution in [2.24, 2.45) is 0 Å². The normalized spacial score (nSPS) is 10.5. The minimum atomic E-state index is -1.61. The van der Waals surface area contributed by atoms with E-state index in [1.54, 1.807) is 7.11 Å². The van der Waals surface area contributed by atoms with E-state index in [0.717, 1.165) is 5.56 Å². The maximum absolute atomic E-state index is 11.8. The first-order valence-electron chi connectivity index (χ1n) is 5.62. The van der Waals surface area contributed by atoms with Crippen LogP contribution in [0.3, 0.4) is 0 Å². The van der Waals surface area contributed by atoms with E-state index < -0.39 is 8.07 Å². The van der Waals surface area contributed by atoms with Crippen molar-refractivity contribution < 1.29 is 9.53 Å². The van der Waals surface area contributed by atoms with Crippen LogP contribution in [0, 0.1) is 11.5 Å². The lowest BCUT2D eigenvalue weighted by atomic mass is 10.1. The number of carbonyl (C=O) groups is 1. The van der Waals surface area contributed by atoms with Crippen molar-refractivity contribution in [1.29, 1.82) is 0 Å². The molecule has 1 aromatic carbocycles. The van der Waals surface area contributed by atoms with Crippen LogP contribution in [0.15, 0.2) is 30.3 Å². The van der Waals surface area contributed by atoms with Crippen molar-refractivity contribution >= 4 is 13.9 Å². The molecule has 0 aliphatic heterocycles. The van der Waals surface area contributed by atoms with Crippen molar-refractivity contribution in [3.63, 3.8) is 0 Å². The molecule has 1 rings (SSSR count). The molecule has 0 radical (unpaired) electrons. The van der Waals surface area contributed by atoms with Crippen LogP contribution in [0.2, 0.25) is 13.1 Å². The van der Waals surface area contributed by atoms with Crippen LogP contribution < -0.4 is 0 Å². The van der Waals surface area contributed by atoms with Gasteiger partial charge in [-0.25, -0.2) is 0 Å². The molecular formula is C14H18O2Si. The molecule has 3 heteroatoms. The molecule has 0 aliphatic rings. The lowest BCUT2D eigenvalue weighted by Crippen LogP contribution is -2.30. The number of hydrogen-bond acceptors (Lipinski definition) is 2. The van der Waals surface area contributed by atoms with Gasteiger partial charge in [-0.15, -0.1) is 11.5 Å². The minimum Gasteiger partial charge on any atom is -0.387 e. The van der Waals surface area contributed by atoms with E-state index in [2.05, 4.69) is 24.6 Å². The standard InChI is InChI=1S/C14H18O2Si/c1-16-12-17(2,3)11-7-10-14(15)13-8-5-4-6-9-13/h4-6,8-9H,10,12H2,1-3H3. The second-order valence-electron chi connectivity index (χ2n) is 4.58. The first-order chi connectivity index (χ1) is 8.05. The molecule has 2 nitrogen and oxygen atoms in total. The van der Waals surface area contributed by atoms with Gasteiger partial charge in [-0.2, -0.15) is 0 Å². The number of hydrogen-bond donors (Lipinski definition) is 0. The molecule has 0 aromatic heterocycles. The fourth-order valence-corrected chi connectivity index (χ4v) is 2.85. The first-order valence-corrected chi connectivity index (χ1v) is 8.83. The number of carbonyl (C=O) groups excluding carboxylic acids is 1. The molecule has 0 amide bonds. The highest BCUT2D eigenvalue weighted by Crippen LogP contribution is 2.03. The SMILES string of the molecule is COC[Si](C)(C)C#CCC(=O)c1ccccc1. The molecule has 0 heterocycles. The third-order valence-corrected chi connectivity index (χ3v) is 4.14. The summed E-state index contributed by atoms with van der Waals surface area (Å²) in [6, 6.07) is 9.27. The van der Waals surface area contributed by atoms with Gasteiger partial charge >= 0.3 is 0 Å². The molecule has 0 N–H and O–H groups in total. The summed E-state index contributed by atoms with van der Waals surface area (Å²) in [6.45, 7) is 4.27. The van der Waals surface area contributed by atoms with E-state index in [1.807, 2.05) is 30.3 Å².